The summed E-state index contributed by atoms with van der Waals surface area (Å²) in [5, 5.41) is 15.7. The van der Waals surface area contributed by atoms with Crippen LogP contribution in [0.25, 0.3) is 124 Å². The average molecular weight is 884 g/mol. The van der Waals surface area contributed by atoms with Gasteiger partial charge in [-0.1, -0.05) is 152 Å². The van der Waals surface area contributed by atoms with Gasteiger partial charge in [0.1, 0.15) is 17.0 Å². The second-order valence-electron chi connectivity index (χ2n) is 17.8. The van der Waals surface area contributed by atoms with Crippen LogP contribution in [0.2, 0.25) is 0 Å². The molecule has 0 radical (unpaired) electrons. The quantitative estimate of drug-likeness (QED) is 0.162. The highest BCUT2D eigenvalue weighted by Crippen LogP contribution is 2.49. The molecule has 15 aromatic rings. The van der Waals surface area contributed by atoms with Crippen molar-refractivity contribution in [3.63, 3.8) is 0 Å². The molecule has 4 heterocycles. The molecule has 4 nitrogen and oxygen atoms in total. The zero-order valence-corrected chi connectivity index (χ0v) is 37.3. The summed E-state index contributed by atoms with van der Waals surface area (Å²) in [6.45, 7) is 0. The minimum absolute atomic E-state index is 0.877. The van der Waals surface area contributed by atoms with Crippen molar-refractivity contribution in [2.75, 3.05) is 4.90 Å². The standard InChI is InChI=1S/C63H37N3OS/c1-2-14-38(15-3-1)40-17-12-18-41(34-40)65(42-29-32-58-52(35-42)46-22-9-11-27-57(46)67-58)55-26-13-24-50-53-36-51-49-31-30-48-45-21-6-5-19-43(45)44-20-7-8-23-47(44)61(48)62(49)66(56(51)37-59(53)68-63(50)55)60-33-28-39-16-4-10-25-54(39)64-60/h1-37H. The number of hydrogen-bond donors (Lipinski definition) is 0. The number of rotatable bonds is 5. The molecule has 316 valence electrons. The van der Waals surface area contributed by atoms with E-state index in [1.54, 1.807) is 0 Å². The lowest BCUT2D eigenvalue weighted by atomic mass is 9.93. The zero-order chi connectivity index (χ0) is 44.5. The summed E-state index contributed by atoms with van der Waals surface area (Å²) in [6, 6.07) is 81.4. The van der Waals surface area contributed by atoms with E-state index >= 15 is 0 Å². The molecule has 0 aliphatic heterocycles. The van der Waals surface area contributed by atoms with Crippen LogP contribution in [0.3, 0.4) is 0 Å². The molecule has 0 spiro atoms. The van der Waals surface area contributed by atoms with Crippen LogP contribution in [0, 0.1) is 0 Å². The van der Waals surface area contributed by atoms with Crippen molar-refractivity contribution in [3.05, 3.63) is 224 Å². The highest BCUT2D eigenvalue weighted by molar-refractivity contribution is 7.26. The van der Waals surface area contributed by atoms with Gasteiger partial charge in [0.2, 0.25) is 0 Å². The average Bonchev–Trinajstić information content (AvgIpc) is 4.07. The second kappa shape index (κ2) is 14.4. The minimum atomic E-state index is 0.877. The van der Waals surface area contributed by atoms with Crippen LogP contribution in [0.5, 0.6) is 0 Å². The number of aromatic nitrogens is 2. The fraction of sp³-hybridized carbons (Fsp3) is 0. The van der Waals surface area contributed by atoms with Crippen molar-refractivity contribution in [2.24, 2.45) is 0 Å². The van der Waals surface area contributed by atoms with Crippen LogP contribution in [-0.4, -0.2) is 9.55 Å². The normalized spacial score (nSPS) is 12.1. The van der Waals surface area contributed by atoms with Gasteiger partial charge in [-0.05, 0) is 111 Å². The summed E-state index contributed by atoms with van der Waals surface area (Å²) in [4.78, 5) is 7.84. The fourth-order valence-corrected chi connectivity index (χ4v) is 12.3. The van der Waals surface area contributed by atoms with E-state index in [1.807, 2.05) is 23.5 Å². The Kier molecular flexibility index (Phi) is 7.91. The first kappa shape index (κ1) is 37.5. The largest absolute Gasteiger partial charge is 0.456 e. The zero-order valence-electron chi connectivity index (χ0n) is 36.5. The molecule has 0 fully saturated rings. The van der Waals surface area contributed by atoms with Crippen molar-refractivity contribution in [1.82, 2.24) is 9.55 Å². The van der Waals surface area contributed by atoms with Gasteiger partial charge in [0, 0.05) is 59.2 Å². The van der Waals surface area contributed by atoms with Crippen molar-refractivity contribution in [1.29, 1.82) is 0 Å². The van der Waals surface area contributed by atoms with Gasteiger partial charge in [-0.25, -0.2) is 4.98 Å². The van der Waals surface area contributed by atoms with Gasteiger partial charge < -0.3 is 9.32 Å². The number of hydrogen-bond acceptors (Lipinski definition) is 4. The number of para-hydroxylation sites is 2. The predicted octanol–water partition coefficient (Wildman–Crippen LogP) is 18.2. The van der Waals surface area contributed by atoms with Gasteiger partial charge >= 0.3 is 0 Å². The molecule has 11 aromatic carbocycles. The lowest BCUT2D eigenvalue weighted by Crippen LogP contribution is -2.10. The SMILES string of the molecule is c1ccc(-c2cccc(N(c3ccc4oc5ccccc5c4c3)c3cccc4c3sc3cc5c(cc34)c3ccc4c6ccccc6c6ccccc6c4c3n5-c3ccc4ccccc4n3)c2)cc1. The molecule has 0 aliphatic carbocycles. The number of nitrogens with zero attached hydrogens (tertiary/aromatic N) is 3. The van der Waals surface area contributed by atoms with Gasteiger partial charge in [-0.2, -0.15) is 0 Å². The van der Waals surface area contributed by atoms with Crippen molar-refractivity contribution in [2.45, 2.75) is 0 Å². The maximum absolute atomic E-state index is 6.35. The van der Waals surface area contributed by atoms with E-state index in [2.05, 4.69) is 222 Å². The van der Waals surface area contributed by atoms with E-state index in [0.29, 0.717) is 0 Å². The maximum atomic E-state index is 6.35. The summed E-state index contributed by atoms with van der Waals surface area (Å²) in [6.07, 6.45) is 0. The number of thiophene rings is 1. The van der Waals surface area contributed by atoms with E-state index in [4.69, 9.17) is 9.40 Å². The molecule has 0 saturated heterocycles. The topological polar surface area (TPSA) is 34.2 Å². The van der Waals surface area contributed by atoms with E-state index < -0.39 is 0 Å². The highest BCUT2D eigenvalue weighted by atomic mass is 32.1. The Hall–Kier alpha value is -8.77. The van der Waals surface area contributed by atoms with Crippen LogP contribution in [0.4, 0.5) is 17.1 Å². The molecule has 0 aliphatic rings. The molecule has 0 bridgehead atoms. The van der Waals surface area contributed by atoms with Gasteiger partial charge in [-0.3, -0.25) is 4.57 Å². The summed E-state index contributed by atoms with van der Waals surface area (Å²) in [7, 11) is 0. The molecule has 4 aromatic heterocycles. The van der Waals surface area contributed by atoms with Gasteiger partial charge in [0.25, 0.3) is 0 Å². The Labute approximate surface area is 393 Å². The lowest BCUT2D eigenvalue weighted by Gasteiger charge is -2.26. The van der Waals surface area contributed by atoms with Crippen molar-refractivity contribution < 1.29 is 4.42 Å². The van der Waals surface area contributed by atoms with E-state index in [-0.39, 0.29) is 0 Å². The van der Waals surface area contributed by atoms with Crippen LogP contribution >= 0.6 is 11.3 Å². The number of pyridine rings is 1. The molecule has 0 N–H and O–H groups in total. The molecular formula is C63H37N3OS. The Morgan fingerprint density at radius 1 is 0.412 bits per heavy atom. The Morgan fingerprint density at radius 2 is 1.07 bits per heavy atom. The summed E-state index contributed by atoms with van der Waals surface area (Å²) in [5.74, 6) is 0.904. The maximum Gasteiger partial charge on any atom is 0.138 e. The Bertz CT molecular complexity index is 4540. The van der Waals surface area contributed by atoms with Crippen molar-refractivity contribution in [3.8, 4) is 16.9 Å². The van der Waals surface area contributed by atoms with Crippen molar-refractivity contribution >= 4 is 136 Å². The molecule has 0 saturated carbocycles. The summed E-state index contributed by atoms with van der Waals surface area (Å²) < 4.78 is 11.2. The van der Waals surface area contributed by atoms with Gasteiger partial charge in [-0.15, -0.1) is 11.3 Å². The first-order chi connectivity index (χ1) is 33.7. The van der Waals surface area contributed by atoms with E-state index in [1.165, 1.54) is 74.3 Å². The minimum Gasteiger partial charge on any atom is -0.456 e. The third kappa shape index (κ3) is 5.45. The second-order valence-corrected chi connectivity index (χ2v) is 18.9. The molecule has 0 amide bonds. The number of anilines is 3. The number of benzene rings is 11. The Balaban J connectivity index is 1.02. The summed E-state index contributed by atoms with van der Waals surface area (Å²) >= 11 is 1.86. The third-order valence-electron chi connectivity index (χ3n) is 14.1. The predicted molar refractivity (Wildman–Crippen MR) is 289 cm³/mol. The van der Waals surface area contributed by atoms with Gasteiger partial charge in [0.15, 0.2) is 0 Å². The molecule has 68 heavy (non-hydrogen) atoms. The molecular weight excluding hydrogens is 847 g/mol. The van der Waals surface area contributed by atoms with Crippen LogP contribution < -0.4 is 4.90 Å². The smallest absolute Gasteiger partial charge is 0.138 e. The first-order valence-corrected chi connectivity index (χ1v) is 23.9. The van der Waals surface area contributed by atoms with Crippen LogP contribution in [0.15, 0.2) is 229 Å². The Morgan fingerprint density at radius 3 is 1.94 bits per heavy atom. The number of fused-ring (bicyclic) bond motifs is 17. The van der Waals surface area contributed by atoms with E-state index in [0.717, 1.165) is 66.8 Å². The highest BCUT2D eigenvalue weighted by Gasteiger charge is 2.24. The number of furan rings is 1. The fourth-order valence-electron chi connectivity index (χ4n) is 11.1. The monoisotopic (exact) mass is 883 g/mol. The molecule has 0 atom stereocenters. The van der Waals surface area contributed by atoms with Crippen LogP contribution in [0.1, 0.15) is 0 Å². The first-order valence-electron chi connectivity index (χ1n) is 23.1. The lowest BCUT2D eigenvalue weighted by molar-refractivity contribution is 0.669. The van der Waals surface area contributed by atoms with E-state index in [9.17, 15) is 0 Å². The van der Waals surface area contributed by atoms with Gasteiger partial charge in [0.05, 0.1) is 26.9 Å². The third-order valence-corrected chi connectivity index (χ3v) is 15.3. The summed E-state index contributed by atoms with van der Waals surface area (Å²) in [5.41, 5.74) is 10.7. The molecule has 15 rings (SSSR count). The van der Waals surface area contributed by atoms with Crippen LogP contribution in [-0.2, 0) is 0 Å². The molecule has 5 heteroatoms. The molecule has 0 unspecified atom stereocenters.